The molecule has 1 aromatic carbocycles. The summed E-state index contributed by atoms with van der Waals surface area (Å²) in [7, 11) is 1.43. The Balaban J connectivity index is 2.64. The molecule has 110 valence electrons. The second-order valence-electron chi connectivity index (χ2n) is 4.75. The third kappa shape index (κ3) is 4.46. The SMILES string of the molecule is CC(C)Oc1ccc(NC(=O)N(C)C(C)C(=O)O)cc1. The van der Waals surface area contributed by atoms with Gasteiger partial charge in [-0.2, -0.15) is 0 Å². The molecule has 0 fully saturated rings. The highest BCUT2D eigenvalue weighted by atomic mass is 16.5. The first-order valence-corrected chi connectivity index (χ1v) is 6.34. The van der Waals surface area contributed by atoms with E-state index in [0.717, 1.165) is 4.90 Å². The van der Waals surface area contributed by atoms with Crippen LogP contribution in [0.1, 0.15) is 20.8 Å². The zero-order chi connectivity index (χ0) is 15.3. The Bertz CT molecular complexity index is 471. The number of urea groups is 1. The van der Waals surface area contributed by atoms with Crippen LogP contribution in [0.5, 0.6) is 5.75 Å². The molecule has 2 N–H and O–H groups in total. The Morgan fingerprint density at radius 2 is 1.75 bits per heavy atom. The monoisotopic (exact) mass is 280 g/mol. The van der Waals surface area contributed by atoms with Gasteiger partial charge < -0.3 is 20.1 Å². The summed E-state index contributed by atoms with van der Waals surface area (Å²) < 4.78 is 5.49. The van der Waals surface area contributed by atoms with Gasteiger partial charge in [0.05, 0.1) is 6.10 Å². The fourth-order valence-electron chi connectivity index (χ4n) is 1.44. The van der Waals surface area contributed by atoms with Crippen LogP contribution in [0.15, 0.2) is 24.3 Å². The van der Waals surface area contributed by atoms with E-state index in [2.05, 4.69) is 5.32 Å². The number of likely N-dealkylation sites (N-methyl/N-ethyl adjacent to an activating group) is 1. The number of nitrogens with one attached hydrogen (secondary N) is 1. The van der Waals surface area contributed by atoms with Crippen molar-refractivity contribution >= 4 is 17.7 Å². The average molecular weight is 280 g/mol. The van der Waals surface area contributed by atoms with Crippen molar-refractivity contribution in [3.8, 4) is 5.75 Å². The molecule has 0 aliphatic rings. The van der Waals surface area contributed by atoms with E-state index in [1.165, 1.54) is 14.0 Å². The van der Waals surface area contributed by atoms with Crippen molar-refractivity contribution in [2.45, 2.75) is 32.9 Å². The van der Waals surface area contributed by atoms with Crippen molar-refractivity contribution in [1.29, 1.82) is 0 Å². The number of nitrogens with zero attached hydrogens (tertiary/aromatic N) is 1. The Hall–Kier alpha value is -2.24. The highest BCUT2D eigenvalue weighted by Crippen LogP contribution is 2.17. The normalized spacial score (nSPS) is 11.8. The molecule has 0 bridgehead atoms. The number of amides is 2. The molecule has 0 aliphatic heterocycles. The van der Waals surface area contributed by atoms with Crippen LogP contribution in [0.2, 0.25) is 0 Å². The molecule has 0 radical (unpaired) electrons. The lowest BCUT2D eigenvalue weighted by Crippen LogP contribution is -2.42. The van der Waals surface area contributed by atoms with Gasteiger partial charge in [0.2, 0.25) is 0 Å². The van der Waals surface area contributed by atoms with Gasteiger partial charge in [-0.3, -0.25) is 0 Å². The summed E-state index contributed by atoms with van der Waals surface area (Å²) in [5.74, 6) is -0.339. The van der Waals surface area contributed by atoms with Gasteiger partial charge in [0.15, 0.2) is 0 Å². The molecule has 2 amide bonds. The molecule has 0 aromatic heterocycles. The Labute approximate surface area is 118 Å². The van der Waals surface area contributed by atoms with Crippen LogP contribution in [0.3, 0.4) is 0 Å². The molecule has 0 aliphatic carbocycles. The number of ether oxygens (including phenoxy) is 1. The van der Waals surface area contributed by atoms with Crippen molar-refractivity contribution in [1.82, 2.24) is 4.90 Å². The number of carboxylic acids is 1. The Kier molecular flexibility index (Phi) is 5.37. The van der Waals surface area contributed by atoms with E-state index in [1.54, 1.807) is 24.3 Å². The Morgan fingerprint density at radius 3 is 2.20 bits per heavy atom. The number of aliphatic carboxylic acids is 1. The molecule has 1 aromatic rings. The topological polar surface area (TPSA) is 78.9 Å². The van der Waals surface area contributed by atoms with Crippen molar-refractivity contribution in [2.75, 3.05) is 12.4 Å². The average Bonchev–Trinajstić information content (AvgIpc) is 2.38. The summed E-state index contributed by atoms with van der Waals surface area (Å²) in [6, 6.07) is 5.53. The van der Waals surface area contributed by atoms with Crippen LogP contribution < -0.4 is 10.1 Å². The predicted octanol–water partition coefficient (Wildman–Crippen LogP) is 2.41. The number of hydrogen-bond acceptors (Lipinski definition) is 3. The van der Waals surface area contributed by atoms with E-state index in [9.17, 15) is 9.59 Å². The number of carboxylic acid groups (broad SMARTS) is 1. The third-order valence-electron chi connectivity index (χ3n) is 2.74. The molecule has 1 unspecified atom stereocenters. The number of anilines is 1. The van der Waals surface area contributed by atoms with E-state index >= 15 is 0 Å². The van der Waals surface area contributed by atoms with Crippen molar-refractivity contribution < 1.29 is 19.4 Å². The summed E-state index contributed by atoms with van der Waals surface area (Å²) in [6.45, 7) is 5.30. The molecule has 0 saturated heterocycles. The highest BCUT2D eigenvalue weighted by molar-refractivity contribution is 5.92. The maximum absolute atomic E-state index is 11.8. The second kappa shape index (κ2) is 6.79. The van der Waals surface area contributed by atoms with Crippen LogP contribution in [-0.2, 0) is 4.79 Å². The van der Waals surface area contributed by atoms with Crippen LogP contribution in [0.25, 0.3) is 0 Å². The minimum absolute atomic E-state index is 0.0815. The molecule has 20 heavy (non-hydrogen) atoms. The summed E-state index contributed by atoms with van der Waals surface area (Å²) >= 11 is 0. The van der Waals surface area contributed by atoms with E-state index < -0.39 is 18.0 Å². The first-order valence-electron chi connectivity index (χ1n) is 6.34. The molecular formula is C14H20N2O4. The zero-order valence-corrected chi connectivity index (χ0v) is 12.1. The van der Waals surface area contributed by atoms with Crippen LogP contribution in [-0.4, -0.2) is 41.2 Å². The maximum atomic E-state index is 11.8. The maximum Gasteiger partial charge on any atom is 0.326 e. The van der Waals surface area contributed by atoms with Crippen molar-refractivity contribution in [3.05, 3.63) is 24.3 Å². The third-order valence-corrected chi connectivity index (χ3v) is 2.74. The van der Waals surface area contributed by atoms with E-state index in [4.69, 9.17) is 9.84 Å². The van der Waals surface area contributed by atoms with Crippen molar-refractivity contribution in [2.24, 2.45) is 0 Å². The molecule has 1 rings (SSSR count). The number of carbonyl (C=O) groups is 2. The van der Waals surface area contributed by atoms with Gasteiger partial charge in [-0.05, 0) is 45.0 Å². The van der Waals surface area contributed by atoms with Gasteiger partial charge in [0.25, 0.3) is 0 Å². The fourth-order valence-corrected chi connectivity index (χ4v) is 1.44. The minimum Gasteiger partial charge on any atom is -0.491 e. The van der Waals surface area contributed by atoms with E-state index in [1.807, 2.05) is 13.8 Å². The van der Waals surface area contributed by atoms with Crippen LogP contribution in [0, 0.1) is 0 Å². The fraction of sp³-hybridized carbons (Fsp3) is 0.429. The summed E-state index contributed by atoms with van der Waals surface area (Å²) in [6.07, 6.45) is 0.0815. The second-order valence-corrected chi connectivity index (χ2v) is 4.75. The van der Waals surface area contributed by atoms with Gasteiger partial charge in [0, 0.05) is 12.7 Å². The standard InChI is InChI=1S/C14H20N2O4/c1-9(2)20-12-7-5-11(6-8-12)15-14(19)16(4)10(3)13(17)18/h5-10H,1-4H3,(H,15,19)(H,17,18). The molecule has 6 heteroatoms. The van der Waals surface area contributed by atoms with Gasteiger partial charge in [0.1, 0.15) is 11.8 Å². The first-order chi connectivity index (χ1) is 9.31. The lowest BCUT2D eigenvalue weighted by atomic mass is 10.3. The summed E-state index contributed by atoms with van der Waals surface area (Å²) in [5.41, 5.74) is 0.579. The molecular weight excluding hydrogens is 260 g/mol. The van der Waals surface area contributed by atoms with Gasteiger partial charge >= 0.3 is 12.0 Å². The predicted molar refractivity (Wildman–Crippen MR) is 76.1 cm³/mol. The zero-order valence-electron chi connectivity index (χ0n) is 12.1. The van der Waals surface area contributed by atoms with E-state index in [0.29, 0.717) is 11.4 Å². The minimum atomic E-state index is -1.05. The quantitative estimate of drug-likeness (QED) is 0.868. The molecule has 0 saturated carbocycles. The van der Waals surface area contributed by atoms with Crippen LogP contribution in [0.4, 0.5) is 10.5 Å². The number of hydrogen-bond donors (Lipinski definition) is 2. The van der Waals surface area contributed by atoms with Crippen molar-refractivity contribution in [3.63, 3.8) is 0 Å². The summed E-state index contributed by atoms with van der Waals surface area (Å²) in [4.78, 5) is 23.8. The number of rotatable bonds is 5. The molecule has 1 atom stereocenters. The van der Waals surface area contributed by atoms with Gasteiger partial charge in [-0.1, -0.05) is 0 Å². The smallest absolute Gasteiger partial charge is 0.326 e. The lowest BCUT2D eigenvalue weighted by molar-refractivity contribution is -0.141. The van der Waals surface area contributed by atoms with E-state index in [-0.39, 0.29) is 6.10 Å². The lowest BCUT2D eigenvalue weighted by Gasteiger charge is -2.21. The van der Waals surface area contributed by atoms with Crippen LogP contribution >= 0.6 is 0 Å². The molecule has 0 spiro atoms. The number of benzene rings is 1. The van der Waals surface area contributed by atoms with Gasteiger partial charge in [-0.15, -0.1) is 0 Å². The molecule has 6 nitrogen and oxygen atoms in total. The molecule has 0 heterocycles. The highest BCUT2D eigenvalue weighted by Gasteiger charge is 2.21. The largest absolute Gasteiger partial charge is 0.491 e. The Morgan fingerprint density at radius 1 is 1.20 bits per heavy atom. The first kappa shape index (κ1) is 15.8. The van der Waals surface area contributed by atoms with Gasteiger partial charge in [-0.25, -0.2) is 9.59 Å². The summed E-state index contributed by atoms with van der Waals surface area (Å²) in [5, 5.41) is 11.5. The number of carbonyl (C=O) groups excluding carboxylic acids is 1.